The molecule has 1 aliphatic rings. The summed E-state index contributed by atoms with van der Waals surface area (Å²) < 4.78 is 28.1. The topological polar surface area (TPSA) is 71.1 Å². The maximum atomic E-state index is 12.2. The number of hydrogen-bond donors (Lipinski definition) is 2. The summed E-state index contributed by atoms with van der Waals surface area (Å²) in [4.78, 5) is 4.17. The zero-order valence-corrected chi connectivity index (χ0v) is 12.4. The van der Waals surface area contributed by atoms with E-state index in [2.05, 4.69) is 15.0 Å². The van der Waals surface area contributed by atoms with E-state index in [1.807, 2.05) is 24.3 Å². The Bertz CT molecular complexity index is 632. The molecule has 104 valence electrons. The second-order valence-electron chi connectivity index (χ2n) is 4.26. The van der Waals surface area contributed by atoms with Crippen molar-refractivity contribution < 1.29 is 8.42 Å². The third-order valence-electron chi connectivity index (χ3n) is 2.89. The number of nitrogens with zero attached hydrogens (tertiary/aromatic N) is 1. The van der Waals surface area contributed by atoms with Gasteiger partial charge in [0.25, 0.3) is 10.0 Å². The number of sulfonamides is 1. The molecule has 0 radical (unpaired) electrons. The largest absolute Gasteiger partial charge is 0.315 e. The lowest BCUT2D eigenvalue weighted by Gasteiger charge is -2.09. The molecule has 1 aliphatic heterocycles. The Morgan fingerprint density at radius 3 is 2.84 bits per heavy atom. The van der Waals surface area contributed by atoms with E-state index in [0.29, 0.717) is 6.54 Å². The highest BCUT2D eigenvalue weighted by molar-refractivity contribution is 7.91. The summed E-state index contributed by atoms with van der Waals surface area (Å²) in [6, 6.07) is 7.41. The number of aromatic nitrogens is 1. The van der Waals surface area contributed by atoms with Crippen LogP contribution in [-0.4, -0.2) is 32.5 Å². The van der Waals surface area contributed by atoms with Crippen molar-refractivity contribution in [2.45, 2.75) is 16.8 Å². The Labute approximate surface area is 121 Å². The highest BCUT2D eigenvalue weighted by Crippen LogP contribution is 2.25. The third kappa shape index (κ3) is 3.06. The fraction of sp³-hybridized carbons (Fsp3) is 0.364. The minimum absolute atomic E-state index is 0. The van der Waals surface area contributed by atoms with Crippen molar-refractivity contribution in [3.05, 3.63) is 24.3 Å². The summed E-state index contributed by atoms with van der Waals surface area (Å²) >= 11 is 1.21. The van der Waals surface area contributed by atoms with Crippen LogP contribution in [-0.2, 0) is 10.0 Å². The standard InChI is InChI=1S/C11H13N3O2S2.ClH/c15-18(16,14-8-5-6-12-7-8)11-13-9-3-1-2-4-10(9)17-11;/h1-4,8,12,14H,5-7H2;1H/t8-;/m0./s1. The van der Waals surface area contributed by atoms with Crippen LogP contribution in [0.5, 0.6) is 0 Å². The van der Waals surface area contributed by atoms with Gasteiger partial charge in [-0.2, -0.15) is 0 Å². The molecule has 0 saturated carbocycles. The number of fused-ring (bicyclic) bond motifs is 1. The Balaban J connectivity index is 0.00000133. The highest BCUT2D eigenvalue weighted by Gasteiger charge is 2.25. The summed E-state index contributed by atoms with van der Waals surface area (Å²) in [7, 11) is -3.49. The van der Waals surface area contributed by atoms with Crippen molar-refractivity contribution in [2.75, 3.05) is 13.1 Å². The van der Waals surface area contributed by atoms with Crippen molar-refractivity contribution in [3.8, 4) is 0 Å². The van der Waals surface area contributed by atoms with Gasteiger partial charge in [-0.3, -0.25) is 0 Å². The summed E-state index contributed by atoms with van der Waals surface area (Å²) in [5.41, 5.74) is 0.729. The van der Waals surface area contributed by atoms with E-state index in [4.69, 9.17) is 0 Å². The molecule has 1 aromatic heterocycles. The molecular weight excluding hydrogens is 306 g/mol. The van der Waals surface area contributed by atoms with Gasteiger partial charge in [0.2, 0.25) is 4.34 Å². The SMILES string of the molecule is Cl.O=S(=O)(N[C@H]1CCNC1)c1nc2ccccc2s1. The van der Waals surface area contributed by atoms with Crippen LogP contribution in [0, 0.1) is 0 Å². The molecule has 1 aromatic carbocycles. The normalized spacial score (nSPS) is 19.5. The van der Waals surface area contributed by atoms with E-state index in [0.717, 1.165) is 23.2 Å². The summed E-state index contributed by atoms with van der Waals surface area (Å²) in [6.45, 7) is 1.54. The fourth-order valence-electron chi connectivity index (χ4n) is 1.99. The van der Waals surface area contributed by atoms with Crippen LogP contribution in [0.25, 0.3) is 10.2 Å². The lowest BCUT2D eigenvalue weighted by atomic mass is 10.3. The Kier molecular flexibility index (Phi) is 4.42. The Morgan fingerprint density at radius 2 is 2.16 bits per heavy atom. The molecule has 1 atom stereocenters. The molecule has 1 saturated heterocycles. The predicted octanol–water partition coefficient (Wildman–Crippen LogP) is 1.36. The molecule has 2 aromatic rings. The zero-order chi connectivity index (χ0) is 12.6. The van der Waals surface area contributed by atoms with Gasteiger partial charge in [-0.05, 0) is 25.1 Å². The van der Waals surface area contributed by atoms with E-state index >= 15 is 0 Å². The summed E-state index contributed by atoms with van der Waals surface area (Å²) in [5, 5.41) is 3.13. The van der Waals surface area contributed by atoms with E-state index in [9.17, 15) is 8.42 Å². The average molecular weight is 320 g/mol. The number of halogens is 1. The minimum Gasteiger partial charge on any atom is -0.315 e. The van der Waals surface area contributed by atoms with Crippen LogP contribution in [0.2, 0.25) is 0 Å². The first kappa shape index (κ1) is 14.7. The van der Waals surface area contributed by atoms with Gasteiger partial charge in [-0.1, -0.05) is 12.1 Å². The van der Waals surface area contributed by atoms with Gasteiger partial charge < -0.3 is 5.32 Å². The van der Waals surface area contributed by atoms with Crippen LogP contribution in [0.3, 0.4) is 0 Å². The van der Waals surface area contributed by atoms with Crippen molar-refractivity contribution in [1.29, 1.82) is 0 Å². The van der Waals surface area contributed by atoms with Gasteiger partial charge in [0.15, 0.2) is 0 Å². The highest BCUT2D eigenvalue weighted by atomic mass is 35.5. The Hall–Kier alpha value is -0.730. The van der Waals surface area contributed by atoms with Crippen molar-refractivity contribution in [1.82, 2.24) is 15.0 Å². The monoisotopic (exact) mass is 319 g/mol. The maximum Gasteiger partial charge on any atom is 0.268 e. The molecule has 0 bridgehead atoms. The number of thiazole rings is 1. The zero-order valence-electron chi connectivity index (χ0n) is 10.00. The minimum atomic E-state index is -3.49. The average Bonchev–Trinajstić information content (AvgIpc) is 2.96. The quantitative estimate of drug-likeness (QED) is 0.896. The smallest absolute Gasteiger partial charge is 0.268 e. The molecule has 19 heavy (non-hydrogen) atoms. The van der Waals surface area contributed by atoms with Crippen molar-refractivity contribution in [3.63, 3.8) is 0 Å². The number of hydrogen-bond acceptors (Lipinski definition) is 5. The molecule has 8 heteroatoms. The molecule has 5 nitrogen and oxygen atoms in total. The summed E-state index contributed by atoms with van der Waals surface area (Å²) in [5.74, 6) is 0. The van der Waals surface area contributed by atoms with E-state index in [-0.39, 0.29) is 22.8 Å². The molecule has 0 unspecified atom stereocenters. The number of rotatable bonds is 3. The lowest BCUT2D eigenvalue weighted by molar-refractivity contribution is 0.559. The van der Waals surface area contributed by atoms with Crippen LogP contribution in [0.1, 0.15) is 6.42 Å². The summed E-state index contributed by atoms with van der Waals surface area (Å²) in [6.07, 6.45) is 0.824. The molecule has 0 amide bonds. The van der Waals surface area contributed by atoms with Crippen LogP contribution in [0.15, 0.2) is 28.6 Å². The van der Waals surface area contributed by atoms with Crippen molar-refractivity contribution >= 4 is 44.0 Å². The molecular formula is C11H14ClN3O2S2. The van der Waals surface area contributed by atoms with Crippen LogP contribution in [0.4, 0.5) is 0 Å². The fourth-order valence-corrected chi connectivity index (χ4v) is 4.50. The van der Waals surface area contributed by atoms with E-state index < -0.39 is 10.0 Å². The van der Waals surface area contributed by atoms with Gasteiger partial charge in [0, 0.05) is 12.6 Å². The van der Waals surface area contributed by atoms with Gasteiger partial charge in [-0.25, -0.2) is 18.1 Å². The third-order valence-corrected chi connectivity index (χ3v) is 5.82. The molecule has 0 spiro atoms. The number of para-hydroxylation sites is 1. The molecule has 0 aliphatic carbocycles. The first-order valence-electron chi connectivity index (χ1n) is 5.74. The first-order valence-corrected chi connectivity index (χ1v) is 8.04. The van der Waals surface area contributed by atoms with E-state index in [1.165, 1.54) is 11.3 Å². The van der Waals surface area contributed by atoms with E-state index in [1.54, 1.807) is 0 Å². The molecule has 2 N–H and O–H groups in total. The number of benzene rings is 1. The molecule has 2 heterocycles. The lowest BCUT2D eigenvalue weighted by Crippen LogP contribution is -2.36. The van der Waals surface area contributed by atoms with Gasteiger partial charge in [0.1, 0.15) is 0 Å². The number of nitrogens with one attached hydrogen (secondary N) is 2. The second kappa shape index (κ2) is 5.72. The van der Waals surface area contributed by atoms with Gasteiger partial charge in [-0.15, -0.1) is 23.7 Å². The van der Waals surface area contributed by atoms with Gasteiger partial charge >= 0.3 is 0 Å². The van der Waals surface area contributed by atoms with Gasteiger partial charge in [0.05, 0.1) is 10.2 Å². The van der Waals surface area contributed by atoms with Crippen molar-refractivity contribution in [2.24, 2.45) is 0 Å². The molecule has 3 rings (SSSR count). The molecule has 1 fully saturated rings. The van der Waals surface area contributed by atoms with Crippen LogP contribution < -0.4 is 10.0 Å². The predicted molar refractivity (Wildman–Crippen MR) is 78.5 cm³/mol. The Morgan fingerprint density at radius 1 is 1.37 bits per heavy atom. The first-order chi connectivity index (χ1) is 8.65. The second-order valence-corrected chi connectivity index (χ2v) is 7.18. The van der Waals surface area contributed by atoms with Crippen LogP contribution >= 0.6 is 23.7 Å². The maximum absolute atomic E-state index is 12.2.